The molecule has 1 aliphatic rings. The number of hydrogen-bond acceptors (Lipinski definition) is 4. The average Bonchev–Trinajstić information content (AvgIpc) is 2.75. The Kier molecular flexibility index (Phi) is 5.88. The van der Waals surface area contributed by atoms with Crippen LogP contribution < -0.4 is 9.62 Å². The molecule has 2 N–H and O–H groups in total. The van der Waals surface area contributed by atoms with Crippen LogP contribution in [0.2, 0.25) is 0 Å². The van der Waals surface area contributed by atoms with Gasteiger partial charge in [0.15, 0.2) is 0 Å². The minimum absolute atomic E-state index is 0.160. The van der Waals surface area contributed by atoms with Crippen LogP contribution in [0, 0.1) is 0 Å². The first-order valence-corrected chi connectivity index (χ1v) is 10.6. The van der Waals surface area contributed by atoms with E-state index in [4.69, 9.17) is 0 Å². The normalized spacial score (nSPS) is 14.2. The van der Waals surface area contributed by atoms with Crippen molar-refractivity contribution in [3.8, 4) is 0 Å². The molecule has 1 amide bonds. The molecule has 0 bridgehead atoms. The maximum Gasteiger partial charge on any atom is 0.255 e. The Labute approximate surface area is 175 Å². The number of aryl methyl sites for hydroxylation is 1. The Bertz CT molecular complexity index is 1000. The zero-order valence-electron chi connectivity index (χ0n) is 16.3. The lowest BCUT2D eigenvalue weighted by atomic mass is 10.0. The van der Waals surface area contributed by atoms with Crippen molar-refractivity contribution in [2.75, 3.05) is 16.2 Å². The van der Waals surface area contributed by atoms with E-state index in [1.54, 1.807) is 24.9 Å². The third kappa shape index (κ3) is 4.63. The van der Waals surface area contributed by atoms with Crippen molar-refractivity contribution in [1.82, 2.24) is 0 Å². The number of hydrogen-bond donors (Lipinski definition) is 2. The van der Waals surface area contributed by atoms with E-state index in [0.717, 1.165) is 29.8 Å². The molecular formula is C24H24N2O2S. The molecule has 148 valence electrons. The summed E-state index contributed by atoms with van der Waals surface area (Å²) in [5.41, 5.74) is 4.73. The van der Waals surface area contributed by atoms with Crippen LogP contribution in [0.1, 0.15) is 40.9 Å². The highest BCUT2D eigenvalue weighted by atomic mass is 32.2. The van der Waals surface area contributed by atoms with E-state index >= 15 is 0 Å². The summed E-state index contributed by atoms with van der Waals surface area (Å²) in [6.07, 6.45) is 1.71. The topological polar surface area (TPSA) is 52.6 Å². The third-order valence-electron chi connectivity index (χ3n) is 5.03. The molecule has 0 radical (unpaired) electrons. The number of aliphatic hydroxyl groups is 1. The fourth-order valence-electron chi connectivity index (χ4n) is 3.47. The summed E-state index contributed by atoms with van der Waals surface area (Å²) in [7, 11) is 0. The van der Waals surface area contributed by atoms with Gasteiger partial charge in [-0.2, -0.15) is 0 Å². The molecule has 29 heavy (non-hydrogen) atoms. The molecule has 0 saturated heterocycles. The molecule has 4 nitrogen and oxygen atoms in total. The van der Waals surface area contributed by atoms with Gasteiger partial charge in [-0.15, -0.1) is 0 Å². The van der Waals surface area contributed by atoms with Crippen LogP contribution in [0.3, 0.4) is 0 Å². The number of rotatable bonds is 5. The van der Waals surface area contributed by atoms with Crippen molar-refractivity contribution in [3.05, 3.63) is 89.5 Å². The lowest BCUT2D eigenvalue weighted by Crippen LogP contribution is -2.22. The largest absolute Gasteiger partial charge is 0.389 e. The highest BCUT2D eigenvalue weighted by Gasteiger charge is 2.17. The summed E-state index contributed by atoms with van der Waals surface area (Å²) < 4.78 is 2.33. The van der Waals surface area contributed by atoms with Gasteiger partial charge in [-0.1, -0.05) is 30.3 Å². The van der Waals surface area contributed by atoms with Gasteiger partial charge in [0.25, 0.3) is 5.91 Å². The summed E-state index contributed by atoms with van der Waals surface area (Å²) in [6.45, 7) is 2.72. The fraction of sp³-hybridized carbons (Fsp3) is 0.208. The predicted octanol–water partition coefficient (Wildman–Crippen LogP) is 5.45. The van der Waals surface area contributed by atoms with E-state index in [2.05, 4.69) is 33.9 Å². The van der Waals surface area contributed by atoms with Gasteiger partial charge in [-0.05, 0) is 85.3 Å². The molecule has 0 fully saturated rings. The van der Waals surface area contributed by atoms with E-state index < -0.39 is 6.10 Å². The molecule has 4 rings (SSSR count). The van der Waals surface area contributed by atoms with E-state index in [1.165, 1.54) is 11.3 Å². The van der Waals surface area contributed by atoms with Crippen molar-refractivity contribution >= 4 is 29.2 Å². The Morgan fingerprint density at radius 3 is 2.66 bits per heavy atom. The van der Waals surface area contributed by atoms with E-state index in [-0.39, 0.29) is 5.91 Å². The van der Waals surface area contributed by atoms with Crippen LogP contribution in [0.15, 0.2) is 77.7 Å². The molecule has 0 aromatic heterocycles. The molecule has 3 aromatic rings. The summed E-state index contributed by atoms with van der Waals surface area (Å²) in [5.74, 6) is -0.160. The van der Waals surface area contributed by atoms with Gasteiger partial charge in [0.1, 0.15) is 0 Å². The van der Waals surface area contributed by atoms with Crippen LogP contribution in [0.5, 0.6) is 0 Å². The van der Waals surface area contributed by atoms with Crippen LogP contribution in [-0.2, 0) is 6.42 Å². The second kappa shape index (κ2) is 8.72. The molecule has 0 saturated carbocycles. The lowest BCUT2D eigenvalue weighted by Gasteiger charge is -2.29. The zero-order chi connectivity index (χ0) is 20.2. The minimum atomic E-state index is -0.567. The highest BCUT2D eigenvalue weighted by Crippen LogP contribution is 2.35. The minimum Gasteiger partial charge on any atom is -0.389 e. The third-order valence-corrected chi connectivity index (χ3v) is 6.11. The van der Waals surface area contributed by atoms with Crippen LogP contribution in [-0.4, -0.2) is 17.6 Å². The van der Waals surface area contributed by atoms with Gasteiger partial charge in [-0.3, -0.25) is 4.79 Å². The van der Waals surface area contributed by atoms with Gasteiger partial charge in [0.2, 0.25) is 0 Å². The monoisotopic (exact) mass is 404 g/mol. The van der Waals surface area contributed by atoms with Gasteiger partial charge < -0.3 is 14.7 Å². The lowest BCUT2D eigenvalue weighted by molar-refractivity contribution is 0.102. The second-order valence-electron chi connectivity index (χ2n) is 7.21. The second-order valence-corrected chi connectivity index (χ2v) is 8.30. The number of carbonyl (C=O) groups is 1. The van der Waals surface area contributed by atoms with Gasteiger partial charge in [-0.25, -0.2) is 0 Å². The van der Waals surface area contributed by atoms with Crippen LogP contribution in [0.4, 0.5) is 11.4 Å². The van der Waals surface area contributed by atoms with Crippen molar-refractivity contribution in [2.45, 2.75) is 30.8 Å². The molecule has 1 unspecified atom stereocenters. The highest BCUT2D eigenvalue weighted by molar-refractivity contribution is 8.00. The average molecular weight is 405 g/mol. The zero-order valence-corrected chi connectivity index (χ0v) is 17.2. The Balaban J connectivity index is 1.43. The number of anilines is 2. The van der Waals surface area contributed by atoms with E-state index in [9.17, 15) is 9.90 Å². The molecule has 5 heteroatoms. The number of para-hydroxylation sites is 1. The SMILES string of the molecule is CC(O)c1cccc(NC(=O)c2ccc(SN3CCCc4ccccc43)cc2)c1. The molecule has 1 heterocycles. The molecular weight excluding hydrogens is 380 g/mol. The van der Waals surface area contributed by atoms with Gasteiger partial charge >= 0.3 is 0 Å². The van der Waals surface area contributed by atoms with Crippen LogP contribution >= 0.6 is 11.9 Å². The molecule has 1 aliphatic heterocycles. The fourth-order valence-corrected chi connectivity index (χ4v) is 4.48. The first-order valence-electron chi connectivity index (χ1n) is 9.83. The summed E-state index contributed by atoms with van der Waals surface area (Å²) in [5, 5.41) is 12.6. The van der Waals surface area contributed by atoms with Crippen molar-refractivity contribution in [1.29, 1.82) is 0 Å². The number of carbonyl (C=O) groups excluding carboxylic acids is 1. The molecule has 0 spiro atoms. The van der Waals surface area contributed by atoms with Crippen molar-refractivity contribution in [3.63, 3.8) is 0 Å². The van der Waals surface area contributed by atoms with Gasteiger partial charge in [0, 0.05) is 22.7 Å². The number of benzene rings is 3. The summed E-state index contributed by atoms with van der Waals surface area (Å²) in [4.78, 5) is 13.7. The smallest absolute Gasteiger partial charge is 0.255 e. The number of nitrogens with one attached hydrogen (secondary N) is 1. The summed E-state index contributed by atoms with van der Waals surface area (Å²) >= 11 is 1.71. The summed E-state index contributed by atoms with van der Waals surface area (Å²) in [6, 6.07) is 23.5. The number of fused-ring (bicyclic) bond motifs is 1. The standard InChI is InChI=1S/C24H24N2O2S/c1-17(27)20-7-4-9-21(16-20)25-24(28)19-11-13-22(14-12-19)29-26-15-5-8-18-6-2-3-10-23(18)26/h2-4,6-7,9-14,16-17,27H,5,8,15H2,1H3,(H,25,28). The van der Waals surface area contributed by atoms with Crippen molar-refractivity contribution in [2.24, 2.45) is 0 Å². The maximum atomic E-state index is 12.6. The van der Waals surface area contributed by atoms with Gasteiger partial charge in [0.05, 0.1) is 11.8 Å². The van der Waals surface area contributed by atoms with Crippen LogP contribution in [0.25, 0.3) is 0 Å². The van der Waals surface area contributed by atoms with E-state index in [1.807, 2.05) is 42.5 Å². The number of amides is 1. The number of aliphatic hydroxyl groups excluding tert-OH is 1. The first-order chi connectivity index (χ1) is 14.1. The molecule has 0 aliphatic carbocycles. The molecule has 3 aromatic carbocycles. The maximum absolute atomic E-state index is 12.6. The predicted molar refractivity (Wildman–Crippen MR) is 119 cm³/mol. The Hall–Kier alpha value is -2.76. The first kappa shape index (κ1) is 19.6. The van der Waals surface area contributed by atoms with Crippen molar-refractivity contribution < 1.29 is 9.90 Å². The quantitative estimate of drug-likeness (QED) is 0.555. The Morgan fingerprint density at radius 1 is 1.07 bits per heavy atom. The Morgan fingerprint density at radius 2 is 1.86 bits per heavy atom. The van der Waals surface area contributed by atoms with E-state index in [0.29, 0.717) is 11.3 Å². The number of nitrogens with zero attached hydrogens (tertiary/aromatic N) is 1. The molecule has 1 atom stereocenters.